The summed E-state index contributed by atoms with van der Waals surface area (Å²) in [6, 6.07) is 9.92. The van der Waals surface area contributed by atoms with Crippen LogP contribution in [0.3, 0.4) is 0 Å². The van der Waals surface area contributed by atoms with Gasteiger partial charge in [-0.1, -0.05) is 36.8 Å². The van der Waals surface area contributed by atoms with Gasteiger partial charge in [-0.2, -0.15) is 0 Å². The number of likely N-dealkylation sites (tertiary alicyclic amines) is 1. The second-order valence-corrected chi connectivity index (χ2v) is 6.91. The Morgan fingerprint density at radius 1 is 1.26 bits per heavy atom. The third-order valence-electron chi connectivity index (χ3n) is 4.66. The van der Waals surface area contributed by atoms with E-state index in [2.05, 4.69) is 24.1 Å². The molecule has 4 nitrogen and oxygen atoms in total. The summed E-state index contributed by atoms with van der Waals surface area (Å²) in [6.45, 7) is 7.26. The Bertz CT molecular complexity index is 489. The van der Waals surface area contributed by atoms with Gasteiger partial charge < -0.3 is 10.4 Å². The highest BCUT2D eigenvalue weighted by molar-refractivity contribution is 5.82. The zero-order valence-electron chi connectivity index (χ0n) is 14.5. The molecule has 2 rings (SSSR count). The molecule has 128 valence electrons. The third-order valence-corrected chi connectivity index (χ3v) is 4.66. The van der Waals surface area contributed by atoms with Crippen molar-refractivity contribution in [1.29, 1.82) is 0 Å². The lowest BCUT2D eigenvalue weighted by Gasteiger charge is -2.38. The van der Waals surface area contributed by atoms with Crippen molar-refractivity contribution in [3.63, 3.8) is 0 Å². The second kappa shape index (κ2) is 8.46. The summed E-state index contributed by atoms with van der Waals surface area (Å²) in [5.41, 5.74) is 0.898. The number of carbonyl (C=O) groups excluding carboxylic acids is 1. The van der Waals surface area contributed by atoms with Crippen LogP contribution in [-0.4, -0.2) is 40.6 Å². The first kappa shape index (κ1) is 18.0. The van der Waals surface area contributed by atoms with Crippen molar-refractivity contribution >= 4 is 5.91 Å². The molecular weight excluding hydrogens is 288 g/mol. The molecule has 1 saturated heterocycles. The number of piperidine rings is 1. The Hall–Kier alpha value is -1.39. The molecule has 1 aromatic rings. The second-order valence-electron chi connectivity index (χ2n) is 6.91. The van der Waals surface area contributed by atoms with Crippen LogP contribution in [0.5, 0.6) is 0 Å². The summed E-state index contributed by atoms with van der Waals surface area (Å²) in [7, 11) is 0. The molecule has 4 heteroatoms. The summed E-state index contributed by atoms with van der Waals surface area (Å²) >= 11 is 0. The number of aliphatic hydroxyl groups is 1. The van der Waals surface area contributed by atoms with Gasteiger partial charge in [0.2, 0.25) is 5.91 Å². The molecule has 1 aliphatic heterocycles. The van der Waals surface area contributed by atoms with E-state index in [9.17, 15) is 9.90 Å². The summed E-state index contributed by atoms with van der Waals surface area (Å²) < 4.78 is 0. The number of aliphatic hydroxyl groups excluding tert-OH is 1. The van der Waals surface area contributed by atoms with Crippen molar-refractivity contribution in [2.75, 3.05) is 6.54 Å². The van der Waals surface area contributed by atoms with Gasteiger partial charge in [-0.3, -0.25) is 9.69 Å². The quantitative estimate of drug-likeness (QED) is 0.848. The van der Waals surface area contributed by atoms with Crippen LogP contribution in [0.2, 0.25) is 0 Å². The summed E-state index contributed by atoms with van der Waals surface area (Å²) in [6.07, 6.45) is 3.20. The molecule has 1 fully saturated rings. The Balaban J connectivity index is 1.88. The Labute approximate surface area is 139 Å². The fourth-order valence-corrected chi connectivity index (χ4v) is 3.40. The van der Waals surface area contributed by atoms with Gasteiger partial charge in [0.15, 0.2) is 0 Å². The maximum absolute atomic E-state index is 12.6. The molecule has 1 aliphatic rings. The standard InChI is InChI=1S/C19H30N2O2/c1-14(2)21-12-8-7-11-17(21)19(23)20-15(3)13-18(22)16-9-5-4-6-10-16/h4-6,9-10,14-15,17-18,22H,7-8,11-13H2,1-3H3,(H,20,23). The maximum atomic E-state index is 12.6. The highest BCUT2D eigenvalue weighted by atomic mass is 16.3. The zero-order valence-corrected chi connectivity index (χ0v) is 14.5. The van der Waals surface area contributed by atoms with Gasteiger partial charge in [0.25, 0.3) is 0 Å². The van der Waals surface area contributed by atoms with Crippen molar-refractivity contribution in [2.45, 2.75) is 70.7 Å². The first-order valence-electron chi connectivity index (χ1n) is 8.78. The number of benzene rings is 1. The van der Waals surface area contributed by atoms with Crippen LogP contribution < -0.4 is 5.32 Å². The number of hydrogen-bond donors (Lipinski definition) is 2. The van der Waals surface area contributed by atoms with Gasteiger partial charge in [-0.15, -0.1) is 0 Å². The molecule has 1 heterocycles. The minimum absolute atomic E-state index is 0.0277. The van der Waals surface area contributed by atoms with E-state index >= 15 is 0 Å². The molecule has 3 unspecified atom stereocenters. The van der Waals surface area contributed by atoms with E-state index in [0.717, 1.165) is 24.9 Å². The fourth-order valence-electron chi connectivity index (χ4n) is 3.40. The van der Waals surface area contributed by atoms with Crippen LogP contribution in [0, 0.1) is 0 Å². The molecule has 1 amide bonds. The molecule has 0 saturated carbocycles. The number of nitrogens with zero attached hydrogens (tertiary/aromatic N) is 1. The third kappa shape index (κ3) is 5.05. The lowest BCUT2D eigenvalue weighted by atomic mass is 9.98. The van der Waals surface area contributed by atoms with Crippen LogP contribution in [0.4, 0.5) is 0 Å². The van der Waals surface area contributed by atoms with Crippen LogP contribution in [0.15, 0.2) is 30.3 Å². The smallest absolute Gasteiger partial charge is 0.237 e. The van der Waals surface area contributed by atoms with Crippen molar-refractivity contribution < 1.29 is 9.90 Å². The van der Waals surface area contributed by atoms with E-state index in [0.29, 0.717) is 12.5 Å². The topological polar surface area (TPSA) is 52.6 Å². The van der Waals surface area contributed by atoms with Crippen molar-refractivity contribution in [3.05, 3.63) is 35.9 Å². The molecule has 2 N–H and O–H groups in total. The van der Waals surface area contributed by atoms with E-state index in [4.69, 9.17) is 0 Å². The molecule has 0 aliphatic carbocycles. The van der Waals surface area contributed by atoms with Crippen molar-refractivity contribution in [3.8, 4) is 0 Å². The molecule has 0 spiro atoms. The Morgan fingerprint density at radius 3 is 2.61 bits per heavy atom. The van der Waals surface area contributed by atoms with E-state index in [1.54, 1.807) is 0 Å². The zero-order chi connectivity index (χ0) is 16.8. The summed E-state index contributed by atoms with van der Waals surface area (Å²) in [5.74, 6) is 0.103. The van der Waals surface area contributed by atoms with E-state index in [1.807, 2.05) is 37.3 Å². The molecule has 0 radical (unpaired) electrons. The lowest BCUT2D eigenvalue weighted by Crippen LogP contribution is -2.53. The number of nitrogens with one attached hydrogen (secondary N) is 1. The average molecular weight is 318 g/mol. The fraction of sp³-hybridized carbons (Fsp3) is 0.632. The van der Waals surface area contributed by atoms with E-state index in [-0.39, 0.29) is 18.0 Å². The van der Waals surface area contributed by atoms with Gasteiger partial charge in [0, 0.05) is 12.1 Å². The molecule has 0 aromatic heterocycles. The van der Waals surface area contributed by atoms with Crippen molar-refractivity contribution in [2.24, 2.45) is 0 Å². The van der Waals surface area contributed by atoms with Gasteiger partial charge in [0.1, 0.15) is 0 Å². The van der Waals surface area contributed by atoms with E-state index in [1.165, 1.54) is 6.42 Å². The first-order chi connectivity index (χ1) is 11.0. The minimum Gasteiger partial charge on any atom is -0.388 e. The monoisotopic (exact) mass is 318 g/mol. The summed E-state index contributed by atoms with van der Waals surface area (Å²) in [5, 5.41) is 13.4. The van der Waals surface area contributed by atoms with Crippen molar-refractivity contribution in [1.82, 2.24) is 10.2 Å². The molecule has 23 heavy (non-hydrogen) atoms. The minimum atomic E-state index is -0.543. The summed E-state index contributed by atoms with van der Waals surface area (Å²) in [4.78, 5) is 14.9. The highest BCUT2D eigenvalue weighted by Crippen LogP contribution is 2.21. The lowest BCUT2D eigenvalue weighted by molar-refractivity contribution is -0.129. The highest BCUT2D eigenvalue weighted by Gasteiger charge is 2.30. The molecule has 1 aromatic carbocycles. The van der Waals surface area contributed by atoms with Crippen LogP contribution >= 0.6 is 0 Å². The first-order valence-corrected chi connectivity index (χ1v) is 8.78. The SMILES string of the molecule is CC(CC(O)c1ccccc1)NC(=O)C1CCCCN1C(C)C. The van der Waals surface area contributed by atoms with Crippen LogP contribution in [0.1, 0.15) is 58.1 Å². The van der Waals surface area contributed by atoms with Gasteiger partial charge >= 0.3 is 0 Å². The molecule has 0 bridgehead atoms. The number of hydrogen-bond acceptors (Lipinski definition) is 3. The maximum Gasteiger partial charge on any atom is 0.237 e. The molecular formula is C19H30N2O2. The Kier molecular flexibility index (Phi) is 6.60. The molecule has 3 atom stereocenters. The number of carbonyl (C=O) groups is 1. The number of amides is 1. The van der Waals surface area contributed by atoms with E-state index < -0.39 is 6.10 Å². The number of rotatable bonds is 6. The normalized spacial score (nSPS) is 21.9. The van der Waals surface area contributed by atoms with Crippen LogP contribution in [0.25, 0.3) is 0 Å². The van der Waals surface area contributed by atoms with Gasteiger partial charge in [-0.25, -0.2) is 0 Å². The average Bonchev–Trinajstić information content (AvgIpc) is 2.55. The van der Waals surface area contributed by atoms with Gasteiger partial charge in [0.05, 0.1) is 12.1 Å². The predicted molar refractivity (Wildman–Crippen MR) is 93.1 cm³/mol. The Morgan fingerprint density at radius 2 is 1.96 bits per heavy atom. The van der Waals surface area contributed by atoms with Gasteiger partial charge in [-0.05, 0) is 52.1 Å². The van der Waals surface area contributed by atoms with Crippen LogP contribution in [-0.2, 0) is 4.79 Å². The predicted octanol–water partition coefficient (Wildman–Crippen LogP) is 2.88. The largest absolute Gasteiger partial charge is 0.388 e.